The van der Waals surface area contributed by atoms with E-state index in [9.17, 15) is 8.42 Å². The summed E-state index contributed by atoms with van der Waals surface area (Å²) in [7, 11) is -3.48. The lowest BCUT2D eigenvalue weighted by atomic mass is 10.3. The maximum Gasteiger partial charge on any atom is 0.273 e. The second-order valence-corrected chi connectivity index (χ2v) is 8.88. The Morgan fingerprint density at radius 2 is 1.85 bits per heavy atom. The Morgan fingerprint density at radius 1 is 1.15 bits per heavy atom. The van der Waals surface area contributed by atoms with Crippen LogP contribution in [0.3, 0.4) is 0 Å². The van der Waals surface area contributed by atoms with E-state index in [1.165, 1.54) is 15.6 Å². The molecule has 0 atom stereocenters. The lowest BCUT2D eigenvalue weighted by molar-refractivity contribution is 0.590. The molecular weight excluding hydrogens is 358 g/mol. The first-order valence-corrected chi connectivity index (χ1v) is 9.44. The number of rotatable bonds is 6. The van der Waals surface area contributed by atoms with Crippen LogP contribution in [0.2, 0.25) is 0 Å². The van der Waals surface area contributed by atoms with Crippen LogP contribution in [0.5, 0.6) is 0 Å². The van der Waals surface area contributed by atoms with Crippen molar-refractivity contribution in [3.8, 4) is 0 Å². The minimum atomic E-state index is -3.48. The van der Waals surface area contributed by atoms with Crippen molar-refractivity contribution in [1.29, 1.82) is 0 Å². The van der Waals surface area contributed by atoms with Gasteiger partial charge in [0.2, 0.25) is 0 Å². The molecule has 3 nitrogen and oxygen atoms in total. The van der Waals surface area contributed by atoms with Crippen LogP contribution in [-0.4, -0.2) is 15.0 Å². The third-order valence-corrected chi connectivity index (χ3v) is 6.77. The fourth-order valence-electron chi connectivity index (χ4n) is 1.83. The number of sulfonamides is 1. The van der Waals surface area contributed by atoms with E-state index >= 15 is 0 Å². The van der Waals surface area contributed by atoms with Crippen LogP contribution in [0, 0.1) is 0 Å². The second-order valence-electron chi connectivity index (χ2n) is 4.32. The minimum Gasteiger partial charge on any atom is -0.266 e. The molecule has 2 rings (SSSR count). The lowest BCUT2D eigenvalue weighted by Crippen LogP contribution is -2.31. The van der Waals surface area contributed by atoms with Gasteiger partial charge >= 0.3 is 0 Å². The summed E-state index contributed by atoms with van der Waals surface area (Å²) in [5, 5.41) is 0. The van der Waals surface area contributed by atoms with Crippen molar-refractivity contribution in [2.75, 3.05) is 10.8 Å². The number of unbranched alkanes of at least 4 members (excludes halogenated alkanes) is 1. The first kappa shape index (κ1) is 15.5. The summed E-state index contributed by atoms with van der Waals surface area (Å²) in [6.07, 6.45) is 1.79. The SMILES string of the molecule is CCCCN(c1ccccc1)S(=O)(=O)c1ccc(Br)s1. The average molecular weight is 374 g/mol. The molecule has 0 bridgehead atoms. The van der Waals surface area contributed by atoms with Crippen LogP contribution in [0.25, 0.3) is 0 Å². The number of hydrogen-bond acceptors (Lipinski definition) is 3. The van der Waals surface area contributed by atoms with E-state index in [-0.39, 0.29) is 0 Å². The third-order valence-electron chi connectivity index (χ3n) is 2.85. The largest absolute Gasteiger partial charge is 0.273 e. The smallest absolute Gasteiger partial charge is 0.266 e. The highest BCUT2D eigenvalue weighted by Crippen LogP contribution is 2.31. The quantitative estimate of drug-likeness (QED) is 0.746. The van der Waals surface area contributed by atoms with E-state index in [0.717, 1.165) is 16.6 Å². The number of benzene rings is 1. The van der Waals surface area contributed by atoms with Crippen molar-refractivity contribution >= 4 is 43.0 Å². The van der Waals surface area contributed by atoms with Gasteiger partial charge in [-0.05, 0) is 46.6 Å². The molecule has 0 radical (unpaired) electrons. The Morgan fingerprint density at radius 3 is 2.40 bits per heavy atom. The molecule has 20 heavy (non-hydrogen) atoms. The Balaban J connectivity index is 2.40. The highest BCUT2D eigenvalue weighted by Gasteiger charge is 2.25. The van der Waals surface area contributed by atoms with E-state index in [1.54, 1.807) is 12.1 Å². The van der Waals surface area contributed by atoms with Crippen LogP contribution >= 0.6 is 27.3 Å². The zero-order valence-electron chi connectivity index (χ0n) is 11.1. The van der Waals surface area contributed by atoms with Crippen LogP contribution in [0.4, 0.5) is 5.69 Å². The van der Waals surface area contributed by atoms with E-state index in [1.807, 2.05) is 30.3 Å². The van der Waals surface area contributed by atoms with Crippen LogP contribution in [0.15, 0.2) is 50.5 Å². The summed E-state index contributed by atoms with van der Waals surface area (Å²) < 4.78 is 28.2. The predicted molar refractivity (Wildman–Crippen MR) is 87.9 cm³/mol. The Bertz CT molecular complexity index is 653. The van der Waals surface area contributed by atoms with Gasteiger partial charge in [-0.15, -0.1) is 11.3 Å². The van der Waals surface area contributed by atoms with Crippen molar-refractivity contribution in [3.63, 3.8) is 0 Å². The number of para-hydroxylation sites is 1. The molecule has 0 saturated heterocycles. The number of thiophene rings is 1. The molecule has 1 aromatic heterocycles. The molecule has 1 aromatic carbocycles. The standard InChI is InChI=1S/C14H16BrNO2S2/c1-2-3-11-16(12-7-5-4-6-8-12)20(17,18)14-10-9-13(15)19-14/h4-10H,2-3,11H2,1H3. The van der Waals surface area contributed by atoms with Gasteiger partial charge in [-0.25, -0.2) is 8.42 Å². The molecule has 0 aliphatic carbocycles. The molecule has 0 N–H and O–H groups in total. The molecule has 2 aromatic rings. The van der Waals surface area contributed by atoms with Gasteiger partial charge in [0.05, 0.1) is 9.47 Å². The van der Waals surface area contributed by atoms with Crippen molar-refractivity contribution in [3.05, 3.63) is 46.3 Å². The average Bonchev–Trinajstić information content (AvgIpc) is 2.88. The first-order chi connectivity index (χ1) is 9.55. The van der Waals surface area contributed by atoms with E-state index in [4.69, 9.17) is 0 Å². The molecule has 0 unspecified atom stereocenters. The van der Waals surface area contributed by atoms with Crippen LogP contribution < -0.4 is 4.31 Å². The Hall–Kier alpha value is -0.850. The number of nitrogens with zero attached hydrogens (tertiary/aromatic N) is 1. The van der Waals surface area contributed by atoms with Gasteiger partial charge < -0.3 is 0 Å². The van der Waals surface area contributed by atoms with Gasteiger partial charge in [0.25, 0.3) is 10.0 Å². The van der Waals surface area contributed by atoms with E-state index in [0.29, 0.717) is 16.4 Å². The van der Waals surface area contributed by atoms with Gasteiger partial charge in [-0.1, -0.05) is 31.5 Å². The maximum absolute atomic E-state index is 12.8. The van der Waals surface area contributed by atoms with Crippen molar-refractivity contribution in [2.24, 2.45) is 0 Å². The fourth-order valence-corrected chi connectivity index (χ4v) is 5.46. The number of anilines is 1. The summed E-state index contributed by atoms with van der Waals surface area (Å²) in [5.74, 6) is 0. The normalized spacial score (nSPS) is 11.5. The van der Waals surface area contributed by atoms with Gasteiger partial charge in [-0.3, -0.25) is 4.31 Å². The summed E-state index contributed by atoms with van der Waals surface area (Å²) >= 11 is 4.56. The number of halogens is 1. The highest BCUT2D eigenvalue weighted by atomic mass is 79.9. The molecule has 0 spiro atoms. The predicted octanol–water partition coefficient (Wildman–Crippen LogP) is 4.51. The highest BCUT2D eigenvalue weighted by molar-refractivity contribution is 9.11. The topological polar surface area (TPSA) is 37.4 Å². The summed E-state index contributed by atoms with van der Waals surface area (Å²) in [5.41, 5.74) is 0.713. The number of hydrogen-bond donors (Lipinski definition) is 0. The molecule has 0 fully saturated rings. The zero-order chi connectivity index (χ0) is 14.6. The van der Waals surface area contributed by atoms with Crippen molar-refractivity contribution in [1.82, 2.24) is 0 Å². The molecule has 1 heterocycles. The first-order valence-electron chi connectivity index (χ1n) is 6.39. The molecule has 0 aliphatic rings. The molecule has 0 saturated carbocycles. The van der Waals surface area contributed by atoms with Crippen LogP contribution in [0.1, 0.15) is 19.8 Å². The van der Waals surface area contributed by atoms with Gasteiger partial charge in [0.15, 0.2) is 0 Å². The minimum absolute atomic E-state index is 0.365. The summed E-state index contributed by atoms with van der Waals surface area (Å²) in [6.45, 7) is 2.55. The zero-order valence-corrected chi connectivity index (χ0v) is 14.3. The summed E-state index contributed by atoms with van der Waals surface area (Å²) in [6, 6.07) is 12.7. The second kappa shape index (κ2) is 6.74. The lowest BCUT2D eigenvalue weighted by Gasteiger charge is -2.23. The van der Waals surface area contributed by atoms with Crippen LogP contribution in [-0.2, 0) is 10.0 Å². The monoisotopic (exact) mass is 373 g/mol. The summed E-state index contributed by atoms with van der Waals surface area (Å²) in [4.78, 5) is 0. The Kier molecular flexibility index (Phi) is 5.23. The maximum atomic E-state index is 12.8. The van der Waals surface area contributed by atoms with Crippen molar-refractivity contribution < 1.29 is 8.42 Å². The van der Waals surface area contributed by atoms with Gasteiger partial charge in [-0.2, -0.15) is 0 Å². The third kappa shape index (κ3) is 3.42. The molecular formula is C14H16BrNO2S2. The molecule has 108 valence electrons. The fraction of sp³-hybridized carbons (Fsp3) is 0.286. The Labute approximate surface area is 132 Å². The molecule has 0 aliphatic heterocycles. The molecule has 6 heteroatoms. The van der Waals surface area contributed by atoms with Gasteiger partial charge in [0.1, 0.15) is 4.21 Å². The van der Waals surface area contributed by atoms with E-state index < -0.39 is 10.0 Å². The molecule has 0 amide bonds. The van der Waals surface area contributed by atoms with Crippen molar-refractivity contribution in [2.45, 2.75) is 24.0 Å². The van der Waals surface area contributed by atoms with E-state index in [2.05, 4.69) is 22.9 Å². The van der Waals surface area contributed by atoms with Gasteiger partial charge in [0, 0.05) is 6.54 Å².